The Labute approximate surface area is 119 Å². The van der Waals surface area contributed by atoms with Crippen LogP contribution in [0.25, 0.3) is 0 Å². The molecule has 0 aliphatic carbocycles. The Morgan fingerprint density at radius 3 is 2.65 bits per heavy atom. The number of carbonyl (C=O) groups excluding carboxylic acids is 1. The lowest BCUT2D eigenvalue weighted by atomic mass is 10.1. The van der Waals surface area contributed by atoms with Crippen LogP contribution in [-0.2, 0) is 11.2 Å². The van der Waals surface area contributed by atoms with Gasteiger partial charge in [0, 0.05) is 18.6 Å². The molecule has 1 rings (SSSR count). The van der Waals surface area contributed by atoms with Crippen LogP contribution in [0.1, 0.15) is 26.3 Å². The van der Waals surface area contributed by atoms with E-state index in [0.717, 1.165) is 5.56 Å². The van der Waals surface area contributed by atoms with Crippen molar-refractivity contribution >= 4 is 6.09 Å². The normalized spacial score (nSPS) is 11.2. The van der Waals surface area contributed by atoms with Crippen LogP contribution in [-0.4, -0.2) is 36.2 Å². The van der Waals surface area contributed by atoms with Crippen molar-refractivity contribution in [1.29, 1.82) is 0 Å². The van der Waals surface area contributed by atoms with Gasteiger partial charge in [-0.05, 0) is 44.9 Å². The average Bonchev–Trinajstić information content (AvgIpc) is 2.35. The predicted octanol–water partition coefficient (Wildman–Crippen LogP) is 2.56. The van der Waals surface area contributed by atoms with E-state index in [4.69, 9.17) is 10.5 Å². The van der Waals surface area contributed by atoms with Gasteiger partial charge in [-0.1, -0.05) is 12.1 Å². The first-order valence-corrected chi connectivity index (χ1v) is 6.73. The molecule has 0 aliphatic rings. The maximum Gasteiger partial charge on any atom is 0.410 e. The van der Waals surface area contributed by atoms with E-state index in [-0.39, 0.29) is 24.1 Å². The molecule has 0 heterocycles. The molecule has 5 heteroatoms. The summed E-state index contributed by atoms with van der Waals surface area (Å²) in [6.07, 6.45) is 0.187. The maximum absolute atomic E-state index is 13.1. The van der Waals surface area contributed by atoms with Crippen LogP contribution in [0.15, 0.2) is 24.3 Å². The van der Waals surface area contributed by atoms with E-state index in [2.05, 4.69) is 0 Å². The quantitative estimate of drug-likeness (QED) is 0.903. The first kappa shape index (κ1) is 16.4. The van der Waals surface area contributed by atoms with Crippen molar-refractivity contribution in [3.8, 4) is 0 Å². The summed E-state index contributed by atoms with van der Waals surface area (Å²) < 4.78 is 18.2. The molecule has 0 aliphatic heterocycles. The summed E-state index contributed by atoms with van der Waals surface area (Å²) in [7, 11) is 0. The smallest absolute Gasteiger partial charge is 0.410 e. The Balaban J connectivity index is 2.68. The fourth-order valence-electron chi connectivity index (χ4n) is 1.86. The van der Waals surface area contributed by atoms with Gasteiger partial charge in [0.25, 0.3) is 0 Å². The van der Waals surface area contributed by atoms with Crippen molar-refractivity contribution in [2.24, 2.45) is 5.73 Å². The number of hydrogen-bond acceptors (Lipinski definition) is 3. The van der Waals surface area contributed by atoms with Crippen LogP contribution < -0.4 is 5.73 Å². The zero-order valence-electron chi connectivity index (χ0n) is 12.4. The predicted molar refractivity (Wildman–Crippen MR) is 77.0 cm³/mol. The molecule has 1 aromatic carbocycles. The zero-order chi connectivity index (χ0) is 15.2. The lowest BCUT2D eigenvalue weighted by molar-refractivity contribution is 0.0703. The van der Waals surface area contributed by atoms with Gasteiger partial charge in [-0.2, -0.15) is 0 Å². The van der Waals surface area contributed by atoms with E-state index in [1.807, 2.05) is 26.8 Å². The summed E-state index contributed by atoms with van der Waals surface area (Å²) in [4.78, 5) is 13.6. The van der Waals surface area contributed by atoms with Gasteiger partial charge in [0.2, 0.25) is 0 Å². The van der Waals surface area contributed by atoms with Crippen LogP contribution in [0, 0.1) is 5.82 Å². The summed E-state index contributed by atoms with van der Waals surface area (Å²) in [6, 6.07) is 6.39. The Hall–Kier alpha value is -1.62. The van der Waals surface area contributed by atoms with E-state index in [0.29, 0.717) is 19.5 Å². The summed E-state index contributed by atoms with van der Waals surface area (Å²) in [5.74, 6) is -0.268. The van der Waals surface area contributed by atoms with Gasteiger partial charge in [0.15, 0.2) is 0 Å². The van der Waals surface area contributed by atoms with E-state index < -0.39 is 0 Å². The largest absolute Gasteiger partial charge is 0.448 e. The number of hydrogen-bond donors (Lipinski definition) is 1. The third-order valence-electron chi connectivity index (χ3n) is 2.89. The minimum Gasteiger partial charge on any atom is -0.448 e. The molecule has 112 valence electrons. The Morgan fingerprint density at radius 1 is 1.40 bits per heavy atom. The van der Waals surface area contributed by atoms with Gasteiger partial charge >= 0.3 is 6.09 Å². The van der Waals surface area contributed by atoms with Gasteiger partial charge in [0.05, 0.1) is 0 Å². The number of ether oxygens (including phenoxy) is 1. The summed E-state index contributed by atoms with van der Waals surface area (Å²) >= 11 is 0. The molecular formula is C15H23FN2O2. The second-order valence-corrected chi connectivity index (χ2v) is 5.61. The molecule has 4 nitrogen and oxygen atoms in total. The van der Waals surface area contributed by atoms with Crippen molar-refractivity contribution in [3.63, 3.8) is 0 Å². The van der Waals surface area contributed by atoms with Crippen LogP contribution >= 0.6 is 0 Å². The first-order chi connectivity index (χ1) is 9.34. The molecular weight excluding hydrogens is 259 g/mol. The highest BCUT2D eigenvalue weighted by atomic mass is 19.1. The number of rotatable bonds is 5. The molecule has 0 radical (unpaired) electrons. The fourth-order valence-corrected chi connectivity index (χ4v) is 1.86. The fraction of sp³-hybridized carbons (Fsp3) is 0.533. The molecule has 0 saturated carbocycles. The minimum atomic E-state index is -0.389. The SMILES string of the molecule is CC(C)(C)N(CCc1cccc(F)c1)C(=O)OCCN. The molecule has 0 spiro atoms. The number of carbonyl (C=O) groups is 1. The maximum atomic E-state index is 13.1. The molecule has 0 fully saturated rings. The molecule has 1 aromatic rings. The van der Waals surface area contributed by atoms with Crippen LogP contribution in [0.5, 0.6) is 0 Å². The van der Waals surface area contributed by atoms with Gasteiger partial charge in [-0.15, -0.1) is 0 Å². The average molecular weight is 282 g/mol. The highest BCUT2D eigenvalue weighted by molar-refractivity contribution is 5.68. The Morgan fingerprint density at radius 2 is 2.10 bits per heavy atom. The summed E-state index contributed by atoms with van der Waals surface area (Å²) in [5, 5.41) is 0. The van der Waals surface area contributed by atoms with Crippen molar-refractivity contribution in [1.82, 2.24) is 4.90 Å². The number of amides is 1. The number of nitrogens with zero attached hydrogens (tertiary/aromatic N) is 1. The molecule has 1 amide bonds. The number of benzene rings is 1. The third kappa shape index (κ3) is 5.17. The molecule has 0 aromatic heterocycles. The van der Waals surface area contributed by atoms with Crippen molar-refractivity contribution in [2.75, 3.05) is 19.7 Å². The van der Waals surface area contributed by atoms with Crippen molar-refractivity contribution in [2.45, 2.75) is 32.7 Å². The minimum absolute atomic E-state index is 0.200. The van der Waals surface area contributed by atoms with E-state index in [1.165, 1.54) is 12.1 Å². The van der Waals surface area contributed by atoms with E-state index >= 15 is 0 Å². The lowest BCUT2D eigenvalue weighted by Crippen LogP contribution is -2.47. The van der Waals surface area contributed by atoms with Crippen molar-refractivity contribution in [3.05, 3.63) is 35.6 Å². The standard InChI is InChI=1S/C15H23FN2O2/c1-15(2,3)18(14(19)20-10-8-17)9-7-12-5-4-6-13(16)11-12/h4-6,11H,7-10,17H2,1-3H3. The molecule has 0 atom stereocenters. The monoisotopic (exact) mass is 282 g/mol. The lowest BCUT2D eigenvalue weighted by Gasteiger charge is -2.34. The number of nitrogens with two attached hydrogens (primary N) is 1. The Kier molecular flexibility index (Phi) is 5.95. The van der Waals surface area contributed by atoms with E-state index in [9.17, 15) is 9.18 Å². The molecule has 0 saturated heterocycles. The third-order valence-corrected chi connectivity index (χ3v) is 2.89. The van der Waals surface area contributed by atoms with Crippen LogP contribution in [0.3, 0.4) is 0 Å². The second kappa shape index (κ2) is 7.24. The molecule has 0 bridgehead atoms. The van der Waals surface area contributed by atoms with E-state index in [1.54, 1.807) is 11.0 Å². The topological polar surface area (TPSA) is 55.6 Å². The van der Waals surface area contributed by atoms with Gasteiger partial charge in [-0.25, -0.2) is 9.18 Å². The summed E-state index contributed by atoms with van der Waals surface area (Å²) in [5.41, 5.74) is 5.82. The van der Waals surface area contributed by atoms with Crippen LogP contribution in [0.4, 0.5) is 9.18 Å². The Bertz CT molecular complexity index is 444. The summed E-state index contributed by atoms with van der Waals surface area (Å²) in [6.45, 7) is 6.77. The van der Waals surface area contributed by atoms with Crippen LogP contribution in [0.2, 0.25) is 0 Å². The highest BCUT2D eigenvalue weighted by Crippen LogP contribution is 2.16. The molecule has 0 unspecified atom stereocenters. The second-order valence-electron chi connectivity index (χ2n) is 5.61. The van der Waals surface area contributed by atoms with Crippen molar-refractivity contribution < 1.29 is 13.9 Å². The van der Waals surface area contributed by atoms with Gasteiger partial charge < -0.3 is 15.4 Å². The zero-order valence-corrected chi connectivity index (χ0v) is 12.4. The molecule has 20 heavy (non-hydrogen) atoms. The highest BCUT2D eigenvalue weighted by Gasteiger charge is 2.27. The first-order valence-electron chi connectivity index (χ1n) is 6.73. The van der Waals surface area contributed by atoms with Gasteiger partial charge in [0.1, 0.15) is 12.4 Å². The number of halogens is 1. The van der Waals surface area contributed by atoms with Gasteiger partial charge in [-0.3, -0.25) is 0 Å². The molecule has 2 N–H and O–H groups in total.